The van der Waals surface area contributed by atoms with Crippen LogP contribution >= 0.6 is 0 Å². The fourth-order valence-corrected chi connectivity index (χ4v) is 2.40. The fraction of sp³-hybridized carbons (Fsp3) is 0.188. The van der Waals surface area contributed by atoms with Gasteiger partial charge in [-0.05, 0) is 16.3 Å². The van der Waals surface area contributed by atoms with Crippen LogP contribution in [0.3, 0.4) is 0 Å². The van der Waals surface area contributed by atoms with Crippen LogP contribution in [0, 0.1) is 0 Å². The summed E-state index contributed by atoms with van der Waals surface area (Å²) >= 11 is 0. The maximum absolute atomic E-state index is 12.2. The summed E-state index contributed by atoms with van der Waals surface area (Å²) in [5, 5.41) is 10.1. The average molecular weight is 265 g/mol. The SMILES string of the molecule is Cn1cc(CC(=O)Cc2cccc3ccccc23)nn1. The molecule has 0 spiro atoms. The van der Waals surface area contributed by atoms with Crippen molar-refractivity contribution in [1.82, 2.24) is 15.0 Å². The molecule has 3 rings (SSSR count). The van der Waals surface area contributed by atoms with Gasteiger partial charge < -0.3 is 0 Å². The van der Waals surface area contributed by atoms with Gasteiger partial charge in [-0.2, -0.15) is 0 Å². The number of rotatable bonds is 4. The van der Waals surface area contributed by atoms with Crippen molar-refractivity contribution in [2.45, 2.75) is 12.8 Å². The Morgan fingerprint density at radius 3 is 2.70 bits per heavy atom. The quantitative estimate of drug-likeness (QED) is 0.727. The standard InChI is InChI=1S/C16H15N3O/c1-19-11-14(17-18-19)10-15(20)9-13-7-4-6-12-5-2-3-8-16(12)13/h2-8,11H,9-10H2,1H3. The molecule has 0 N–H and O–H groups in total. The number of aryl methyl sites for hydroxylation is 1. The number of carbonyl (C=O) groups is 1. The lowest BCUT2D eigenvalue weighted by atomic mass is 9.99. The van der Waals surface area contributed by atoms with Crippen LogP contribution in [-0.4, -0.2) is 20.8 Å². The summed E-state index contributed by atoms with van der Waals surface area (Å²) < 4.78 is 1.61. The maximum Gasteiger partial charge on any atom is 0.143 e. The van der Waals surface area contributed by atoms with Gasteiger partial charge in [0.2, 0.25) is 0 Å². The van der Waals surface area contributed by atoms with E-state index in [0.717, 1.165) is 22.0 Å². The van der Waals surface area contributed by atoms with Crippen LogP contribution in [0.25, 0.3) is 10.8 Å². The fourth-order valence-electron chi connectivity index (χ4n) is 2.40. The molecule has 4 heteroatoms. The smallest absolute Gasteiger partial charge is 0.143 e. The predicted molar refractivity (Wildman–Crippen MR) is 77.4 cm³/mol. The van der Waals surface area contributed by atoms with Crippen molar-refractivity contribution in [2.24, 2.45) is 7.05 Å². The second kappa shape index (κ2) is 5.25. The maximum atomic E-state index is 12.2. The van der Waals surface area contributed by atoms with Crippen molar-refractivity contribution in [3.05, 3.63) is 59.9 Å². The molecule has 0 aliphatic heterocycles. The molecule has 1 heterocycles. The summed E-state index contributed by atoms with van der Waals surface area (Å²) in [4.78, 5) is 12.2. The molecular formula is C16H15N3O. The van der Waals surface area contributed by atoms with Crippen molar-refractivity contribution < 1.29 is 4.79 Å². The van der Waals surface area contributed by atoms with Gasteiger partial charge in [0, 0.05) is 19.7 Å². The molecule has 4 nitrogen and oxygen atoms in total. The number of hydrogen-bond donors (Lipinski definition) is 0. The molecule has 0 atom stereocenters. The third-order valence-corrected chi connectivity index (χ3v) is 3.30. The highest BCUT2D eigenvalue weighted by Crippen LogP contribution is 2.19. The van der Waals surface area contributed by atoms with E-state index in [1.165, 1.54) is 0 Å². The Kier molecular flexibility index (Phi) is 3.29. The van der Waals surface area contributed by atoms with Gasteiger partial charge in [-0.1, -0.05) is 47.7 Å². The summed E-state index contributed by atoms with van der Waals surface area (Å²) in [6, 6.07) is 14.2. The van der Waals surface area contributed by atoms with Gasteiger partial charge in [0.1, 0.15) is 5.78 Å². The zero-order valence-electron chi connectivity index (χ0n) is 11.3. The van der Waals surface area contributed by atoms with Gasteiger partial charge in [-0.25, -0.2) is 0 Å². The second-order valence-corrected chi connectivity index (χ2v) is 4.91. The first-order valence-electron chi connectivity index (χ1n) is 6.56. The van der Waals surface area contributed by atoms with Crippen molar-refractivity contribution in [2.75, 3.05) is 0 Å². The van der Waals surface area contributed by atoms with E-state index in [1.807, 2.05) is 24.3 Å². The van der Waals surface area contributed by atoms with Gasteiger partial charge in [0.05, 0.1) is 12.1 Å². The highest BCUT2D eigenvalue weighted by atomic mass is 16.1. The van der Waals surface area contributed by atoms with E-state index < -0.39 is 0 Å². The summed E-state index contributed by atoms with van der Waals surface area (Å²) in [5.74, 6) is 0.154. The summed E-state index contributed by atoms with van der Waals surface area (Å²) in [5.41, 5.74) is 1.79. The van der Waals surface area contributed by atoms with Gasteiger partial charge in [0.25, 0.3) is 0 Å². The summed E-state index contributed by atoms with van der Waals surface area (Å²) in [7, 11) is 1.80. The molecule has 100 valence electrons. The van der Waals surface area contributed by atoms with Crippen LogP contribution in [0.2, 0.25) is 0 Å². The van der Waals surface area contributed by atoms with Crippen LogP contribution in [0.15, 0.2) is 48.7 Å². The Labute approximate surface area is 117 Å². The number of aromatic nitrogens is 3. The monoisotopic (exact) mass is 265 g/mol. The molecule has 0 saturated carbocycles. The zero-order valence-corrected chi connectivity index (χ0v) is 11.3. The number of carbonyl (C=O) groups excluding carboxylic acids is 1. The molecule has 3 aromatic rings. The van der Waals surface area contributed by atoms with Crippen LogP contribution < -0.4 is 0 Å². The van der Waals surface area contributed by atoms with Gasteiger partial charge in [-0.15, -0.1) is 5.10 Å². The van der Waals surface area contributed by atoms with E-state index in [4.69, 9.17) is 0 Å². The van der Waals surface area contributed by atoms with Crippen LogP contribution in [0.4, 0.5) is 0 Å². The molecule has 0 bridgehead atoms. The highest BCUT2D eigenvalue weighted by Gasteiger charge is 2.10. The minimum Gasteiger partial charge on any atom is -0.299 e. The Morgan fingerprint density at radius 2 is 1.90 bits per heavy atom. The van der Waals surface area contributed by atoms with E-state index in [2.05, 4.69) is 28.5 Å². The zero-order chi connectivity index (χ0) is 13.9. The van der Waals surface area contributed by atoms with E-state index in [0.29, 0.717) is 12.8 Å². The Balaban J connectivity index is 1.81. The lowest BCUT2D eigenvalue weighted by Crippen LogP contribution is -2.07. The number of benzene rings is 2. The molecule has 0 amide bonds. The average Bonchev–Trinajstić information content (AvgIpc) is 2.84. The van der Waals surface area contributed by atoms with Gasteiger partial charge in [0.15, 0.2) is 0 Å². The number of hydrogen-bond acceptors (Lipinski definition) is 3. The minimum absolute atomic E-state index is 0.154. The number of Topliss-reactive ketones (excluding diaryl/α,β-unsaturated/α-hetero) is 1. The van der Waals surface area contributed by atoms with E-state index in [-0.39, 0.29) is 5.78 Å². The lowest BCUT2D eigenvalue weighted by Gasteiger charge is -2.05. The van der Waals surface area contributed by atoms with Crippen molar-refractivity contribution >= 4 is 16.6 Å². The molecular weight excluding hydrogens is 250 g/mol. The number of ketones is 1. The molecule has 0 saturated heterocycles. The van der Waals surface area contributed by atoms with Gasteiger partial charge >= 0.3 is 0 Å². The first kappa shape index (κ1) is 12.5. The Morgan fingerprint density at radius 1 is 1.10 bits per heavy atom. The normalized spacial score (nSPS) is 10.8. The molecule has 20 heavy (non-hydrogen) atoms. The third-order valence-electron chi connectivity index (χ3n) is 3.30. The lowest BCUT2D eigenvalue weighted by molar-refractivity contribution is -0.117. The van der Waals surface area contributed by atoms with E-state index >= 15 is 0 Å². The molecule has 0 unspecified atom stereocenters. The van der Waals surface area contributed by atoms with E-state index in [1.54, 1.807) is 17.9 Å². The summed E-state index contributed by atoms with van der Waals surface area (Å²) in [6.45, 7) is 0. The van der Waals surface area contributed by atoms with Crippen LogP contribution in [-0.2, 0) is 24.7 Å². The molecule has 0 fully saturated rings. The molecule has 0 radical (unpaired) electrons. The Bertz CT molecular complexity index is 756. The van der Waals surface area contributed by atoms with Crippen molar-refractivity contribution in [1.29, 1.82) is 0 Å². The molecule has 2 aromatic carbocycles. The minimum atomic E-state index is 0.154. The third kappa shape index (κ3) is 2.59. The molecule has 0 aliphatic rings. The predicted octanol–water partition coefficient (Wildman–Crippen LogP) is 2.32. The van der Waals surface area contributed by atoms with Crippen molar-refractivity contribution in [3.63, 3.8) is 0 Å². The van der Waals surface area contributed by atoms with Gasteiger partial charge in [-0.3, -0.25) is 9.48 Å². The van der Waals surface area contributed by atoms with E-state index in [9.17, 15) is 4.79 Å². The van der Waals surface area contributed by atoms with Crippen LogP contribution in [0.5, 0.6) is 0 Å². The molecule has 1 aromatic heterocycles. The van der Waals surface area contributed by atoms with Crippen LogP contribution in [0.1, 0.15) is 11.3 Å². The van der Waals surface area contributed by atoms with Crippen molar-refractivity contribution in [3.8, 4) is 0 Å². The summed E-state index contributed by atoms with van der Waals surface area (Å²) in [6.07, 6.45) is 2.54. The number of fused-ring (bicyclic) bond motifs is 1. The Hall–Kier alpha value is -2.49. The largest absolute Gasteiger partial charge is 0.299 e. The topological polar surface area (TPSA) is 47.8 Å². The highest BCUT2D eigenvalue weighted by molar-refractivity contribution is 5.91. The first-order valence-corrected chi connectivity index (χ1v) is 6.56. The molecule has 0 aliphatic carbocycles. The number of nitrogens with zero attached hydrogens (tertiary/aromatic N) is 3. The second-order valence-electron chi connectivity index (χ2n) is 4.91. The first-order chi connectivity index (χ1) is 9.72.